The second-order valence-corrected chi connectivity index (χ2v) is 3.73. The number of rotatable bonds is 5. The monoisotopic (exact) mass is 279 g/mol. The summed E-state index contributed by atoms with van der Waals surface area (Å²) in [6.45, 7) is -0.338. The fourth-order valence-corrected chi connectivity index (χ4v) is 1.61. The molecule has 0 amide bonds. The number of hydrogen-bond donors (Lipinski definition) is 3. The highest BCUT2D eigenvalue weighted by molar-refractivity contribution is 5.72. The Bertz CT molecular complexity index is 477. The molecule has 1 aromatic rings. The minimum Gasteiger partial charge on any atom is -0.395 e. The maximum absolute atomic E-state index is 12.5. The fraction of sp³-hybridized carbons (Fsp3) is 0.400. The Morgan fingerprint density at radius 1 is 1.42 bits per heavy atom. The Morgan fingerprint density at radius 3 is 2.53 bits per heavy atom. The number of nitrogens with one attached hydrogen (secondary N) is 1. The third-order valence-electron chi connectivity index (χ3n) is 2.30. The zero-order valence-corrected chi connectivity index (χ0v) is 9.70. The Labute approximate surface area is 106 Å². The Balaban J connectivity index is 3.31. The van der Waals surface area contributed by atoms with Gasteiger partial charge in [-0.25, -0.2) is 0 Å². The van der Waals surface area contributed by atoms with Gasteiger partial charge in [0.15, 0.2) is 0 Å². The van der Waals surface area contributed by atoms with Crippen LogP contribution < -0.4 is 11.1 Å². The van der Waals surface area contributed by atoms with Crippen molar-refractivity contribution in [2.45, 2.75) is 12.6 Å². The van der Waals surface area contributed by atoms with Gasteiger partial charge in [0, 0.05) is 12.2 Å². The summed E-state index contributed by atoms with van der Waals surface area (Å²) >= 11 is 0. The Hall–Kier alpha value is -2.03. The van der Waals surface area contributed by atoms with Crippen LogP contribution in [-0.4, -0.2) is 29.4 Å². The molecule has 106 valence electrons. The van der Waals surface area contributed by atoms with Crippen LogP contribution in [0.25, 0.3) is 0 Å². The van der Waals surface area contributed by atoms with Crippen molar-refractivity contribution in [3.05, 3.63) is 27.8 Å². The molecule has 1 rings (SSSR count). The number of aliphatic hydroxyl groups excluding tert-OH is 1. The van der Waals surface area contributed by atoms with Crippen LogP contribution in [-0.2, 0) is 6.42 Å². The number of alkyl halides is 3. The molecule has 19 heavy (non-hydrogen) atoms. The minimum atomic E-state index is -4.60. The zero-order valence-electron chi connectivity index (χ0n) is 9.70. The third-order valence-corrected chi connectivity index (χ3v) is 2.30. The second-order valence-electron chi connectivity index (χ2n) is 3.73. The van der Waals surface area contributed by atoms with Crippen molar-refractivity contribution in [3.63, 3.8) is 0 Å². The Kier molecular flexibility index (Phi) is 4.54. The van der Waals surface area contributed by atoms with E-state index in [9.17, 15) is 23.3 Å². The predicted octanol–water partition coefficient (Wildman–Crippen LogP) is 1.69. The molecule has 0 saturated heterocycles. The number of anilines is 2. The standard InChI is InChI=1S/C10H12F3N3O3/c11-10(12,13)5-6-8(15-3-4-17)2-1-7(14)9(6)16(18)19/h1-2,15,17H,3-5,14H2. The molecule has 4 N–H and O–H groups in total. The lowest BCUT2D eigenvalue weighted by molar-refractivity contribution is -0.384. The highest BCUT2D eigenvalue weighted by Crippen LogP contribution is 2.36. The summed E-state index contributed by atoms with van der Waals surface area (Å²) in [5, 5.41) is 22.0. The average Bonchev–Trinajstić information content (AvgIpc) is 2.25. The largest absolute Gasteiger partial charge is 0.395 e. The quantitative estimate of drug-likeness (QED) is 0.432. The number of nitrogens with zero attached hydrogens (tertiary/aromatic N) is 1. The van der Waals surface area contributed by atoms with Gasteiger partial charge in [0.25, 0.3) is 5.69 Å². The number of nitrogen functional groups attached to an aromatic ring is 1. The molecule has 0 atom stereocenters. The summed E-state index contributed by atoms with van der Waals surface area (Å²) in [6.07, 6.45) is -6.07. The molecule has 0 spiro atoms. The molecule has 0 fully saturated rings. The van der Waals surface area contributed by atoms with Gasteiger partial charge in [0.2, 0.25) is 0 Å². The van der Waals surface area contributed by atoms with Crippen LogP contribution >= 0.6 is 0 Å². The first-order valence-electron chi connectivity index (χ1n) is 5.23. The smallest absolute Gasteiger partial charge is 0.393 e. The van der Waals surface area contributed by atoms with E-state index >= 15 is 0 Å². The zero-order chi connectivity index (χ0) is 14.6. The molecule has 1 aromatic carbocycles. The second kappa shape index (κ2) is 5.74. The number of hydrogen-bond acceptors (Lipinski definition) is 5. The molecule has 0 heterocycles. The molecule has 0 unspecified atom stereocenters. The molecule has 0 aliphatic heterocycles. The van der Waals surface area contributed by atoms with E-state index in [-0.39, 0.29) is 24.5 Å². The van der Waals surface area contributed by atoms with E-state index in [1.807, 2.05) is 0 Å². The molecule has 0 radical (unpaired) electrons. The van der Waals surface area contributed by atoms with Crippen LogP contribution in [0, 0.1) is 10.1 Å². The molecule has 0 aromatic heterocycles. The molecule has 9 heteroatoms. The molecule has 6 nitrogen and oxygen atoms in total. The number of halogens is 3. The van der Waals surface area contributed by atoms with E-state index in [2.05, 4.69) is 5.32 Å². The fourth-order valence-electron chi connectivity index (χ4n) is 1.61. The van der Waals surface area contributed by atoms with Crippen molar-refractivity contribution in [1.29, 1.82) is 0 Å². The van der Waals surface area contributed by atoms with Gasteiger partial charge < -0.3 is 16.2 Å². The van der Waals surface area contributed by atoms with Crippen molar-refractivity contribution in [2.24, 2.45) is 0 Å². The molecule has 0 bridgehead atoms. The van der Waals surface area contributed by atoms with Crippen molar-refractivity contribution in [3.8, 4) is 0 Å². The van der Waals surface area contributed by atoms with Crippen molar-refractivity contribution >= 4 is 17.1 Å². The number of nitro benzene ring substituents is 1. The van der Waals surface area contributed by atoms with Crippen LogP contribution in [0.3, 0.4) is 0 Å². The first kappa shape index (κ1) is 15.0. The SMILES string of the molecule is Nc1ccc(NCCO)c(CC(F)(F)F)c1[N+](=O)[O-]. The van der Waals surface area contributed by atoms with Gasteiger partial charge in [-0.1, -0.05) is 0 Å². The van der Waals surface area contributed by atoms with E-state index in [0.29, 0.717) is 0 Å². The maximum Gasteiger partial charge on any atom is 0.393 e. The summed E-state index contributed by atoms with van der Waals surface area (Å²) in [7, 11) is 0. The summed E-state index contributed by atoms with van der Waals surface area (Å²) in [6, 6.07) is 2.37. The topological polar surface area (TPSA) is 101 Å². The van der Waals surface area contributed by atoms with E-state index in [1.165, 1.54) is 6.07 Å². The Morgan fingerprint density at radius 2 is 2.05 bits per heavy atom. The number of aliphatic hydroxyl groups is 1. The van der Waals surface area contributed by atoms with Gasteiger partial charge in [-0.15, -0.1) is 0 Å². The summed E-state index contributed by atoms with van der Waals surface area (Å²) in [5.74, 6) is 0. The summed E-state index contributed by atoms with van der Waals surface area (Å²) < 4.78 is 37.4. The minimum absolute atomic E-state index is 0.0219. The van der Waals surface area contributed by atoms with Gasteiger partial charge in [-0.2, -0.15) is 13.2 Å². The number of nitrogens with two attached hydrogens (primary N) is 1. The van der Waals surface area contributed by atoms with Gasteiger partial charge in [-0.05, 0) is 12.1 Å². The average molecular weight is 279 g/mol. The first-order chi connectivity index (χ1) is 8.76. The number of benzene rings is 1. The van der Waals surface area contributed by atoms with Crippen LogP contribution in [0.4, 0.5) is 30.2 Å². The van der Waals surface area contributed by atoms with Gasteiger partial charge >= 0.3 is 6.18 Å². The first-order valence-corrected chi connectivity index (χ1v) is 5.23. The molecular weight excluding hydrogens is 267 g/mol. The number of nitro groups is 1. The highest BCUT2D eigenvalue weighted by Gasteiger charge is 2.34. The predicted molar refractivity (Wildman–Crippen MR) is 62.8 cm³/mol. The van der Waals surface area contributed by atoms with E-state index in [1.54, 1.807) is 0 Å². The maximum atomic E-state index is 12.5. The van der Waals surface area contributed by atoms with Crippen LogP contribution in [0.1, 0.15) is 5.56 Å². The normalized spacial score (nSPS) is 11.4. The lowest BCUT2D eigenvalue weighted by atomic mass is 10.0. The van der Waals surface area contributed by atoms with Gasteiger partial charge in [0.05, 0.1) is 23.5 Å². The van der Waals surface area contributed by atoms with Crippen LogP contribution in [0.2, 0.25) is 0 Å². The lowest BCUT2D eigenvalue weighted by Crippen LogP contribution is -2.17. The van der Waals surface area contributed by atoms with Crippen molar-refractivity contribution in [2.75, 3.05) is 24.2 Å². The van der Waals surface area contributed by atoms with E-state index in [4.69, 9.17) is 10.8 Å². The molecule has 0 aliphatic carbocycles. The highest BCUT2D eigenvalue weighted by atomic mass is 19.4. The van der Waals surface area contributed by atoms with Crippen LogP contribution in [0.5, 0.6) is 0 Å². The molecule has 0 aliphatic rings. The lowest BCUT2D eigenvalue weighted by Gasteiger charge is -2.14. The summed E-state index contributed by atoms with van der Waals surface area (Å²) in [4.78, 5) is 9.89. The third kappa shape index (κ3) is 3.98. The molecule has 0 saturated carbocycles. The molecular formula is C10H12F3N3O3. The van der Waals surface area contributed by atoms with Gasteiger partial charge in [0.1, 0.15) is 5.69 Å². The van der Waals surface area contributed by atoms with E-state index < -0.39 is 28.8 Å². The van der Waals surface area contributed by atoms with Crippen LogP contribution in [0.15, 0.2) is 12.1 Å². The van der Waals surface area contributed by atoms with Gasteiger partial charge in [-0.3, -0.25) is 10.1 Å². The van der Waals surface area contributed by atoms with Crippen molar-refractivity contribution in [1.82, 2.24) is 0 Å². The van der Waals surface area contributed by atoms with E-state index in [0.717, 1.165) is 6.07 Å². The van der Waals surface area contributed by atoms with Crippen molar-refractivity contribution < 1.29 is 23.2 Å². The summed E-state index contributed by atoms with van der Waals surface area (Å²) in [5.41, 5.74) is 3.66.